The Labute approximate surface area is 108 Å². The molecule has 0 aliphatic heterocycles. The van der Waals surface area contributed by atoms with Crippen molar-refractivity contribution in [2.75, 3.05) is 11.1 Å². The van der Waals surface area contributed by atoms with Crippen molar-refractivity contribution in [3.63, 3.8) is 0 Å². The highest BCUT2D eigenvalue weighted by atomic mass is 35.5. The number of nitrogens with zero attached hydrogens (tertiary/aromatic N) is 1. The van der Waals surface area contributed by atoms with E-state index in [1.165, 1.54) is 18.3 Å². The number of carbonyl (C=O) groups is 1. The molecule has 0 atom stereocenters. The van der Waals surface area contributed by atoms with Gasteiger partial charge >= 0.3 is 0 Å². The average Bonchev–Trinajstić information content (AvgIpc) is 2.35. The number of aromatic nitrogens is 1. The molecule has 0 saturated carbocycles. The van der Waals surface area contributed by atoms with Gasteiger partial charge in [0.05, 0.1) is 28.2 Å². The van der Waals surface area contributed by atoms with Gasteiger partial charge in [-0.15, -0.1) is 0 Å². The van der Waals surface area contributed by atoms with E-state index in [1.54, 1.807) is 12.1 Å². The summed E-state index contributed by atoms with van der Waals surface area (Å²) in [4.78, 5) is 15.5. The Hall–Kier alpha value is -2.14. The molecule has 1 aromatic carbocycles. The number of pyridine rings is 1. The van der Waals surface area contributed by atoms with Crippen LogP contribution < -0.4 is 11.1 Å². The molecule has 0 radical (unpaired) electrons. The van der Waals surface area contributed by atoms with Crippen LogP contribution in [0.15, 0.2) is 36.7 Å². The zero-order valence-electron chi connectivity index (χ0n) is 9.15. The molecule has 0 spiro atoms. The highest BCUT2D eigenvalue weighted by molar-refractivity contribution is 6.36. The highest BCUT2D eigenvalue weighted by Gasteiger charge is 2.13. The van der Waals surface area contributed by atoms with E-state index in [2.05, 4.69) is 10.3 Å². The van der Waals surface area contributed by atoms with Gasteiger partial charge in [-0.25, -0.2) is 4.39 Å². The molecule has 0 unspecified atom stereocenters. The lowest BCUT2D eigenvalue weighted by molar-refractivity contribution is 0.102. The number of benzene rings is 1. The molecule has 18 heavy (non-hydrogen) atoms. The lowest BCUT2D eigenvalue weighted by Gasteiger charge is -2.08. The molecule has 1 heterocycles. The Morgan fingerprint density at radius 1 is 1.39 bits per heavy atom. The summed E-state index contributed by atoms with van der Waals surface area (Å²) in [5.74, 6) is -1.15. The first-order valence-corrected chi connectivity index (χ1v) is 5.42. The molecule has 1 amide bonds. The van der Waals surface area contributed by atoms with Gasteiger partial charge in [0, 0.05) is 6.20 Å². The van der Waals surface area contributed by atoms with Crippen molar-refractivity contribution in [2.24, 2.45) is 0 Å². The normalized spacial score (nSPS) is 10.1. The number of nitrogens with one attached hydrogen (secondary N) is 1. The van der Waals surface area contributed by atoms with Gasteiger partial charge in [0.1, 0.15) is 0 Å². The number of nitrogens with two attached hydrogens (primary N) is 1. The largest absolute Gasteiger partial charge is 0.398 e. The maximum absolute atomic E-state index is 13.3. The molecular formula is C12H9ClFN3O. The predicted octanol–water partition coefficient (Wildman–Crippen LogP) is 2.71. The first kappa shape index (κ1) is 12.3. The second kappa shape index (κ2) is 5.01. The van der Waals surface area contributed by atoms with E-state index in [1.807, 2.05) is 0 Å². The second-order valence-electron chi connectivity index (χ2n) is 3.52. The number of carbonyl (C=O) groups excluding carboxylic acids is 1. The van der Waals surface area contributed by atoms with Crippen LogP contribution in [0.4, 0.5) is 15.8 Å². The number of amides is 1. The number of hydrogen-bond acceptors (Lipinski definition) is 3. The summed E-state index contributed by atoms with van der Waals surface area (Å²) in [6.45, 7) is 0. The first-order valence-electron chi connectivity index (χ1n) is 5.04. The minimum Gasteiger partial charge on any atom is -0.398 e. The van der Waals surface area contributed by atoms with Crippen molar-refractivity contribution in [2.45, 2.75) is 0 Å². The molecule has 2 aromatic rings. The van der Waals surface area contributed by atoms with E-state index in [0.29, 0.717) is 5.69 Å². The quantitative estimate of drug-likeness (QED) is 0.821. The van der Waals surface area contributed by atoms with Gasteiger partial charge in [-0.3, -0.25) is 9.78 Å². The Bertz CT molecular complexity index is 604. The van der Waals surface area contributed by atoms with E-state index in [-0.39, 0.29) is 16.3 Å². The third-order valence-corrected chi connectivity index (χ3v) is 2.72. The van der Waals surface area contributed by atoms with Crippen molar-refractivity contribution in [3.05, 3.63) is 53.1 Å². The Morgan fingerprint density at radius 3 is 2.89 bits per heavy atom. The molecule has 0 saturated heterocycles. The van der Waals surface area contributed by atoms with E-state index in [0.717, 1.165) is 6.20 Å². The Balaban J connectivity index is 2.28. The molecular weight excluding hydrogens is 257 g/mol. The standard InChI is InChI=1S/C12H9ClFN3O/c13-11-7(2-1-3-9(11)15)12(18)17-10-4-5-16-6-8(10)14/h1-6H,15H2,(H,16,17,18). The van der Waals surface area contributed by atoms with E-state index >= 15 is 0 Å². The van der Waals surface area contributed by atoms with Crippen LogP contribution in [0.25, 0.3) is 0 Å². The van der Waals surface area contributed by atoms with Gasteiger partial charge in [0.2, 0.25) is 0 Å². The van der Waals surface area contributed by atoms with Crippen LogP contribution >= 0.6 is 11.6 Å². The summed E-state index contributed by atoms with van der Waals surface area (Å²) in [7, 11) is 0. The Kier molecular flexibility index (Phi) is 3.43. The van der Waals surface area contributed by atoms with Gasteiger partial charge in [-0.2, -0.15) is 0 Å². The van der Waals surface area contributed by atoms with Gasteiger partial charge in [0.15, 0.2) is 5.82 Å². The maximum Gasteiger partial charge on any atom is 0.257 e. The average molecular weight is 266 g/mol. The molecule has 0 fully saturated rings. The smallest absolute Gasteiger partial charge is 0.257 e. The van der Waals surface area contributed by atoms with Crippen LogP contribution in [0.3, 0.4) is 0 Å². The van der Waals surface area contributed by atoms with Crippen molar-refractivity contribution >= 4 is 28.9 Å². The number of hydrogen-bond donors (Lipinski definition) is 2. The lowest BCUT2D eigenvalue weighted by atomic mass is 10.2. The molecule has 92 valence electrons. The molecule has 1 aromatic heterocycles. The fourth-order valence-electron chi connectivity index (χ4n) is 1.39. The number of rotatable bonds is 2. The summed E-state index contributed by atoms with van der Waals surface area (Å²) < 4.78 is 13.3. The maximum atomic E-state index is 13.3. The van der Waals surface area contributed by atoms with Crippen molar-refractivity contribution in [1.29, 1.82) is 0 Å². The van der Waals surface area contributed by atoms with Crippen LogP contribution in [-0.2, 0) is 0 Å². The minimum absolute atomic E-state index is 0.0356. The predicted molar refractivity (Wildman–Crippen MR) is 68.0 cm³/mol. The lowest BCUT2D eigenvalue weighted by Crippen LogP contribution is -2.14. The van der Waals surface area contributed by atoms with E-state index < -0.39 is 11.7 Å². The van der Waals surface area contributed by atoms with E-state index in [9.17, 15) is 9.18 Å². The first-order chi connectivity index (χ1) is 8.59. The zero-order valence-corrected chi connectivity index (χ0v) is 9.91. The molecule has 0 bridgehead atoms. The van der Waals surface area contributed by atoms with Crippen molar-refractivity contribution in [3.8, 4) is 0 Å². The van der Waals surface area contributed by atoms with Gasteiger partial charge < -0.3 is 11.1 Å². The number of halogens is 2. The molecule has 2 rings (SSSR count). The fourth-order valence-corrected chi connectivity index (χ4v) is 1.60. The van der Waals surface area contributed by atoms with Crippen molar-refractivity contribution < 1.29 is 9.18 Å². The van der Waals surface area contributed by atoms with Crippen LogP contribution in [0.1, 0.15) is 10.4 Å². The van der Waals surface area contributed by atoms with Gasteiger partial charge in [-0.1, -0.05) is 17.7 Å². The topological polar surface area (TPSA) is 68.0 Å². The number of nitrogen functional groups attached to an aromatic ring is 1. The monoisotopic (exact) mass is 265 g/mol. The zero-order chi connectivity index (χ0) is 13.1. The van der Waals surface area contributed by atoms with Crippen LogP contribution in [0, 0.1) is 5.82 Å². The molecule has 0 aliphatic rings. The summed E-state index contributed by atoms with van der Waals surface area (Å²) in [5.41, 5.74) is 6.10. The van der Waals surface area contributed by atoms with Gasteiger partial charge in [-0.05, 0) is 18.2 Å². The van der Waals surface area contributed by atoms with E-state index in [4.69, 9.17) is 17.3 Å². The summed E-state index contributed by atoms with van der Waals surface area (Å²) >= 11 is 5.90. The molecule has 6 heteroatoms. The fraction of sp³-hybridized carbons (Fsp3) is 0. The van der Waals surface area contributed by atoms with Crippen LogP contribution in [0.5, 0.6) is 0 Å². The second-order valence-corrected chi connectivity index (χ2v) is 3.90. The third kappa shape index (κ3) is 2.41. The highest BCUT2D eigenvalue weighted by Crippen LogP contribution is 2.24. The van der Waals surface area contributed by atoms with Crippen molar-refractivity contribution in [1.82, 2.24) is 4.98 Å². The molecule has 3 N–H and O–H groups in total. The summed E-state index contributed by atoms with van der Waals surface area (Å²) in [6, 6.07) is 6.03. The minimum atomic E-state index is -0.620. The summed E-state index contributed by atoms with van der Waals surface area (Å²) in [6.07, 6.45) is 2.39. The third-order valence-electron chi connectivity index (χ3n) is 2.29. The summed E-state index contributed by atoms with van der Waals surface area (Å²) in [5, 5.41) is 2.54. The number of anilines is 2. The van der Waals surface area contributed by atoms with Crippen LogP contribution in [0.2, 0.25) is 5.02 Å². The SMILES string of the molecule is Nc1cccc(C(=O)Nc2ccncc2F)c1Cl. The Morgan fingerprint density at radius 2 is 2.17 bits per heavy atom. The molecule has 4 nitrogen and oxygen atoms in total. The van der Waals surface area contributed by atoms with Crippen LogP contribution in [-0.4, -0.2) is 10.9 Å². The van der Waals surface area contributed by atoms with Gasteiger partial charge in [0.25, 0.3) is 5.91 Å². The molecule has 0 aliphatic carbocycles.